The van der Waals surface area contributed by atoms with Crippen molar-refractivity contribution in [2.75, 3.05) is 6.54 Å². The molecule has 21 heavy (non-hydrogen) atoms. The Kier molecular flexibility index (Phi) is 5.56. The molecule has 7 heteroatoms. The minimum Gasteiger partial charge on any atom is -0.444 e. The zero-order valence-electron chi connectivity index (χ0n) is 11.9. The average molecular weight is 311 g/mol. The van der Waals surface area contributed by atoms with Gasteiger partial charge < -0.3 is 10.1 Å². The van der Waals surface area contributed by atoms with Crippen LogP contribution in [0.1, 0.15) is 26.3 Å². The minimum atomic E-state index is -0.577. The first-order chi connectivity index (χ1) is 9.69. The maximum absolute atomic E-state index is 11.4. The molecule has 6 nitrogen and oxygen atoms in total. The summed E-state index contributed by atoms with van der Waals surface area (Å²) in [6.07, 6.45) is -0.570. The maximum Gasteiger partial charge on any atom is 0.408 e. The van der Waals surface area contributed by atoms with Crippen molar-refractivity contribution in [3.05, 3.63) is 38.9 Å². The van der Waals surface area contributed by atoms with Gasteiger partial charge in [-0.2, -0.15) is 0 Å². The normalized spacial score (nSPS) is 10.3. The van der Waals surface area contributed by atoms with Gasteiger partial charge in [0.1, 0.15) is 10.6 Å². The summed E-state index contributed by atoms with van der Waals surface area (Å²) in [6.45, 7) is 5.34. The molecular weight excluding hydrogens is 296 g/mol. The van der Waals surface area contributed by atoms with Gasteiger partial charge in [0.05, 0.1) is 11.5 Å². The summed E-state index contributed by atoms with van der Waals surface area (Å²) in [7, 11) is 0. The second kappa shape index (κ2) is 6.95. The van der Waals surface area contributed by atoms with Crippen molar-refractivity contribution in [3.63, 3.8) is 0 Å². The average Bonchev–Trinajstić information content (AvgIpc) is 2.34. The lowest BCUT2D eigenvalue weighted by Crippen LogP contribution is -2.32. The lowest BCUT2D eigenvalue weighted by atomic mass is 10.2. The topological polar surface area (TPSA) is 81.5 Å². The Morgan fingerprint density at radius 1 is 1.48 bits per heavy atom. The van der Waals surface area contributed by atoms with Gasteiger partial charge in [0.2, 0.25) is 0 Å². The van der Waals surface area contributed by atoms with E-state index in [-0.39, 0.29) is 17.3 Å². The first-order valence-electron chi connectivity index (χ1n) is 6.09. The number of carbonyl (C=O) groups excluding carboxylic acids is 1. The van der Waals surface area contributed by atoms with Crippen LogP contribution in [-0.2, 0) is 4.74 Å². The van der Waals surface area contributed by atoms with Crippen LogP contribution in [0, 0.1) is 22.0 Å². The van der Waals surface area contributed by atoms with Crippen molar-refractivity contribution in [1.82, 2.24) is 5.32 Å². The molecule has 1 rings (SSSR count). The van der Waals surface area contributed by atoms with Crippen LogP contribution in [0.3, 0.4) is 0 Å². The number of halogens is 1. The van der Waals surface area contributed by atoms with Crippen molar-refractivity contribution in [1.29, 1.82) is 0 Å². The van der Waals surface area contributed by atoms with Crippen molar-refractivity contribution in [2.45, 2.75) is 26.4 Å². The highest BCUT2D eigenvalue weighted by Crippen LogP contribution is 2.24. The number of nitrogens with one attached hydrogen (secondary N) is 1. The fraction of sp³-hybridized carbons (Fsp3) is 0.357. The molecule has 1 amide bonds. The van der Waals surface area contributed by atoms with Crippen LogP contribution in [0.25, 0.3) is 0 Å². The highest BCUT2D eigenvalue weighted by atomic mass is 35.5. The lowest BCUT2D eigenvalue weighted by molar-refractivity contribution is -0.384. The molecule has 1 aromatic rings. The molecule has 1 aromatic carbocycles. The number of nitrogens with zero attached hydrogens (tertiary/aromatic N) is 1. The lowest BCUT2D eigenvalue weighted by Gasteiger charge is -2.18. The van der Waals surface area contributed by atoms with Gasteiger partial charge in [-0.05, 0) is 32.9 Å². The van der Waals surface area contributed by atoms with Crippen LogP contribution in [0.5, 0.6) is 0 Å². The van der Waals surface area contributed by atoms with Crippen molar-refractivity contribution < 1.29 is 14.5 Å². The van der Waals surface area contributed by atoms with E-state index in [4.69, 9.17) is 16.3 Å². The molecule has 0 saturated carbocycles. The number of benzene rings is 1. The number of amides is 1. The van der Waals surface area contributed by atoms with Crippen LogP contribution in [-0.4, -0.2) is 23.2 Å². The Hall–Kier alpha value is -2.26. The molecular formula is C14H15ClN2O4. The van der Waals surface area contributed by atoms with Gasteiger partial charge in [0.15, 0.2) is 0 Å². The summed E-state index contributed by atoms with van der Waals surface area (Å²) < 4.78 is 5.03. The van der Waals surface area contributed by atoms with Crippen LogP contribution in [0.2, 0.25) is 5.02 Å². The third-order valence-corrected chi connectivity index (χ3v) is 2.42. The molecule has 0 aromatic heterocycles. The monoisotopic (exact) mass is 310 g/mol. The first kappa shape index (κ1) is 16.8. The first-order valence-corrected chi connectivity index (χ1v) is 6.46. The molecule has 112 valence electrons. The Morgan fingerprint density at radius 3 is 2.71 bits per heavy atom. The van der Waals surface area contributed by atoms with Crippen LogP contribution >= 0.6 is 11.6 Å². The van der Waals surface area contributed by atoms with E-state index in [1.165, 1.54) is 12.1 Å². The van der Waals surface area contributed by atoms with Gasteiger partial charge in [-0.15, -0.1) is 0 Å². The van der Waals surface area contributed by atoms with E-state index in [1.807, 2.05) is 0 Å². The zero-order valence-corrected chi connectivity index (χ0v) is 12.7. The molecule has 0 aliphatic carbocycles. The van der Waals surface area contributed by atoms with E-state index in [0.717, 1.165) is 0 Å². The van der Waals surface area contributed by atoms with Gasteiger partial charge in [-0.25, -0.2) is 4.79 Å². The molecule has 0 spiro atoms. The molecule has 0 atom stereocenters. The number of nitro groups is 1. The Morgan fingerprint density at radius 2 is 2.14 bits per heavy atom. The molecule has 0 aliphatic rings. The number of hydrogen-bond donors (Lipinski definition) is 1. The van der Waals surface area contributed by atoms with Gasteiger partial charge in [0.25, 0.3) is 5.69 Å². The number of hydrogen-bond acceptors (Lipinski definition) is 4. The van der Waals surface area contributed by atoms with Crippen LogP contribution in [0.15, 0.2) is 18.2 Å². The molecule has 0 heterocycles. The molecule has 1 N–H and O–H groups in total. The second-order valence-corrected chi connectivity index (χ2v) is 5.49. The number of ether oxygens (including phenoxy) is 1. The Labute approximate surface area is 127 Å². The highest BCUT2D eigenvalue weighted by Gasteiger charge is 2.15. The van der Waals surface area contributed by atoms with E-state index in [2.05, 4.69) is 17.2 Å². The van der Waals surface area contributed by atoms with E-state index < -0.39 is 16.6 Å². The quantitative estimate of drug-likeness (QED) is 0.517. The standard InChI is InChI=1S/C14H15ClN2O4/c1-14(2,3)21-13(18)16-8-4-5-10-6-7-11(15)12(9-10)17(19)20/h6-7,9H,8H2,1-3H3,(H,16,18). The van der Waals surface area contributed by atoms with Crippen molar-refractivity contribution in [3.8, 4) is 11.8 Å². The molecule has 0 unspecified atom stereocenters. The largest absolute Gasteiger partial charge is 0.444 e. The van der Waals surface area contributed by atoms with Gasteiger partial charge in [-0.1, -0.05) is 23.4 Å². The zero-order chi connectivity index (χ0) is 16.0. The summed E-state index contributed by atoms with van der Waals surface area (Å²) in [5.41, 5.74) is -0.338. The SMILES string of the molecule is CC(C)(C)OC(=O)NCC#Cc1ccc(Cl)c([N+](=O)[O-])c1. The number of rotatable bonds is 2. The molecule has 0 fully saturated rings. The fourth-order valence-electron chi connectivity index (χ4n) is 1.31. The fourth-order valence-corrected chi connectivity index (χ4v) is 1.49. The number of carbonyl (C=O) groups is 1. The molecule has 0 saturated heterocycles. The Bertz CT molecular complexity index is 612. The predicted molar refractivity (Wildman–Crippen MR) is 79.2 cm³/mol. The third-order valence-electron chi connectivity index (χ3n) is 2.10. The third kappa shape index (κ3) is 6.15. The summed E-state index contributed by atoms with van der Waals surface area (Å²) >= 11 is 5.69. The van der Waals surface area contributed by atoms with Crippen molar-refractivity contribution in [2.24, 2.45) is 0 Å². The van der Waals surface area contributed by atoms with E-state index in [0.29, 0.717) is 5.56 Å². The highest BCUT2D eigenvalue weighted by molar-refractivity contribution is 6.32. The van der Waals surface area contributed by atoms with Gasteiger partial charge >= 0.3 is 6.09 Å². The summed E-state index contributed by atoms with van der Waals surface area (Å²) in [4.78, 5) is 21.5. The number of nitro benzene ring substituents is 1. The maximum atomic E-state index is 11.4. The smallest absolute Gasteiger partial charge is 0.408 e. The summed E-state index contributed by atoms with van der Waals surface area (Å²) in [5, 5.41) is 13.2. The van der Waals surface area contributed by atoms with E-state index >= 15 is 0 Å². The molecule has 0 radical (unpaired) electrons. The minimum absolute atomic E-state index is 0.0532. The number of alkyl carbamates (subject to hydrolysis) is 1. The predicted octanol–water partition coefficient (Wildman–Crippen LogP) is 3.12. The second-order valence-electron chi connectivity index (χ2n) is 5.08. The van der Waals surface area contributed by atoms with Crippen LogP contribution in [0.4, 0.5) is 10.5 Å². The molecule has 0 bridgehead atoms. The summed E-state index contributed by atoms with van der Waals surface area (Å²) in [6, 6.07) is 4.25. The molecule has 0 aliphatic heterocycles. The van der Waals surface area contributed by atoms with Gasteiger partial charge in [-0.3, -0.25) is 10.1 Å². The van der Waals surface area contributed by atoms with E-state index in [1.54, 1.807) is 26.8 Å². The Balaban J connectivity index is 2.62. The van der Waals surface area contributed by atoms with Crippen LogP contribution < -0.4 is 5.32 Å². The van der Waals surface area contributed by atoms with E-state index in [9.17, 15) is 14.9 Å². The summed E-state index contributed by atoms with van der Waals surface area (Å²) in [5.74, 6) is 5.38. The van der Waals surface area contributed by atoms with Gasteiger partial charge in [0, 0.05) is 11.6 Å². The van der Waals surface area contributed by atoms with Crippen molar-refractivity contribution >= 4 is 23.4 Å².